The lowest BCUT2D eigenvalue weighted by atomic mass is 9.82. The highest BCUT2D eigenvalue weighted by Crippen LogP contribution is 2.51. The van der Waals surface area contributed by atoms with E-state index in [4.69, 9.17) is 9.52 Å². The minimum Gasteiger partial charge on any atom is -0.454 e. The van der Waals surface area contributed by atoms with Crippen molar-refractivity contribution in [2.75, 3.05) is 4.90 Å². The average Bonchev–Trinajstić information content (AvgIpc) is 3.69. The summed E-state index contributed by atoms with van der Waals surface area (Å²) in [5.74, 6) is 0.838. The van der Waals surface area contributed by atoms with Gasteiger partial charge in [0, 0.05) is 33.3 Å². The highest BCUT2D eigenvalue weighted by Gasteiger charge is 2.35. The fourth-order valence-corrected chi connectivity index (χ4v) is 6.95. The predicted molar refractivity (Wildman–Crippen MR) is 172 cm³/mol. The number of rotatable bonds is 3. The van der Waals surface area contributed by atoms with Crippen LogP contribution in [-0.2, 0) is 5.41 Å². The van der Waals surface area contributed by atoms with Crippen molar-refractivity contribution in [3.05, 3.63) is 139 Å². The topological polar surface area (TPSA) is 33.7 Å². The molecule has 0 radical (unpaired) electrons. The molecule has 0 N–H and O–H groups in total. The van der Waals surface area contributed by atoms with Gasteiger partial charge in [-0.25, -0.2) is 4.52 Å². The molecule has 0 spiro atoms. The van der Waals surface area contributed by atoms with Crippen molar-refractivity contribution >= 4 is 55.6 Å². The minimum atomic E-state index is -0.0595. The van der Waals surface area contributed by atoms with Gasteiger partial charge in [0.05, 0.1) is 16.7 Å². The molecule has 3 heterocycles. The molecule has 4 nitrogen and oxygen atoms in total. The van der Waals surface area contributed by atoms with Gasteiger partial charge in [0.2, 0.25) is 0 Å². The Kier molecular flexibility index (Phi) is 4.64. The van der Waals surface area contributed by atoms with Crippen LogP contribution in [0.15, 0.2) is 132 Å². The number of fused-ring (bicyclic) bond motifs is 9. The number of para-hydroxylation sites is 3. The molecule has 0 bridgehead atoms. The Bertz CT molecular complexity index is 2360. The SMILES string of the molecule is CC1(C)c2ccccc2-c2cc(N(c3cc4ccc5ccccc5n4n3)c3cccc4c3oc3ccccc34)ccc21. The Balaban J connectivity index is 1.34. The zero-order valence-electron chi connectivity index (χ0n) is 23.4. The quantitative estimate of drug-likeness (QED) is 0.223. The molecule has 0 amide bonds. The van der Waals surface area contributed by atoms with Gasteiger partial charge < -0.3 is 4.42 Å². The van der Waals surface area contributed by atoms with Crippen LogP contribution in [0.1, 0.15) is 25.0 Å². The summed E-state index contributed by atoms with van der Waals surface area (Å²) < 4.78 is 8.60. The molecule has 0 fully saturated rings. The second-order valence-electron chi connectivity index (χ2n) is 11.7. The van der Waals surface area contributed by atoms with E-state index in [2.05, 4.69) is 134 Å². The standard InChI is InChI=1S/C38H27N3O/c1-38(2)31-14-6-4-11-27(31)30-22-25(20-21-32(30)38)40(34-16-9-13-29-28-12-5-8-17-35(28)42-37(29)34)36-23-26-19-18-24-10-3-7-15-33(24)41(26)39-36/h3-23H,1-2H3. The van der Waals surface area contributed by atoms with Crippen molar-refractivity contribution in [3.63, 3.8) is 0 Å². The summed E-state index contributed by atoms with van der Waals surface area (Å²) >= 11 is 0. The molecule has 0 saturated carbocycles. The average molecular weight is 542 g/mol. The summed E-state index contributed by atoms with van der Waals surface area (Å²) in [6.45, 7) is 4.63. The van der Waals surface area contributed by atoms with E-state index < -0.39 is 0 Å². The molecule has 42 heavy (non-hydrogen) atoms. The first kappa shape index (κ1) is 23.4. The lowest BCUT2D eigenvalue weighted by Crippen LogP contribution is -2.15. The minimum absolute atomic E-state index is 0.0595. The number of aromatic nitrogens is 2. The molecule has 4 heteroatoms. The van der Waals surface area contributed by atoms with Crippen molar-refractivity contribution in [2.24, 2.45) is 0 Å². The summed E-state index contributed by atoms with van der Waals surface area (Å²) in [5.41, 5.74) is 11.1. The van der Waals surface area contributed by atoms with Gasteiger partial charge in [0.1, 0.15) is 5.58 Å². The van der Waals surface area contributed by atoms with Crippen LogP contribution >= 0.6 is 0 Å². The number of pyridine rings is 1. The maximum atomic E-state index is 6.56. The Hall–Kier alpha value is -5.35. The highest BCUT2D eigenvalue weighted by atomic mass is 16.3. The van der Waals surface area contributed by atoms with E-state index in [0.29, 0.717) is 0 Å². The van der Waals surface area contributed by atoms with E-state index in [1.54, 1.807) is 0 Å². The lowest BCUT2D eigenvalue weighted by molar-refractivity contribution is 0.660. The predicted octanol–water partition coefficient (Wildman–Crippen LogP) is 10.2. The van der Waals surface area contributed by atoms with E-state index in [9.17, 15) is 0 Å². The van der Waals surface area contributed by atoms with Gasteiger partial charge in [-0.2, -0.15) is 0 Å². The third-order valence-electron chi connectivity index (χ3n) is 9.00. The van der Waals surface area contributed by atoms with Crippen molar-refractivity contribution in [2.45, 2.75) is 19.3 Å². The second kappa shape index (κ2) is 8.34. The molecule has 9 rings (SSSR count). The Morgan fingerprint density at radius 3 is 2.40 bits per heavy atom. The monoisotopic (exact) mass is 541 g/mol. The van der Waals surface area contributed by atoms with Crippen molar-refractivity contribution in [1.82, 2.24) is 9.61 Å². The maximum Gasteiger partial charge on any atom is 0.160 e. The molecule has 0 aliphatic heterocycles. The van der Waals surface area contributed by atoms with Crippen LogP contribution in [0.25, 0.3) is 49.5 Å². The summed E-state index contributed by atoms with van der Waals surface area (Å²) in [5, 5.41) is 8.58. The number of anilines is 3. The first-order valence-corrected chi connectivity index (χ1v) is 14.4. The van der Waals surface area contributed by atoms with E-state index in [-0.39, 0.29) is 5.41 Å². The molecule has 0 atom stereocenters. The molecule has 1 aliphatic rings. The Morgan fingerprint density at radius 2 is 1.45 bits per heavy atom. The van der Waals surface area contributed by atoms with E-state index in [1.165, 1.54) is 22.3 Å². The summed E-state index contributed by atoms with van der Waals surface area (Å²) in [6.07, 6.45) is 0. The van der Waals surface area contributed by atoms with Crippen molar-refractivity contribution < 1.29 is 4.42 Å². The van der Waals surface area contributed by atoms with E-state index >= 15 is 0 Å². The van der Waals surface area contributed by atoms with Gasteiger partial charge in [0.25, 0.3) is 0 Å². The zero-order valence-corrected chi connectivity index (χ0v) is 23.4. The zero-order chi connectivity index (χ0) is 28.0. The van der Waals surface area contributed by atoms with Gasteiger partial charge in [0.15, 0.2) is 11.4 Å². The van der Waals surface area contributed by atoms with Gasteiger partial charge in [-0.15, -0.1) is 5.10 Å². The van der Waals surface area contributed by atoms with Crippen LogP contribution in [0.3, 0.4) is 0 Å². The van der Waals surface area contributed by atoms with E-state index in [1.807, 2.05) is 16.6 Å². The molecule has 200 valence electrons. The Morgan fingerprint density at radius 1 is 0.667 bits per heavy atom. The number of nitrogens with zero attached hydrogens (tertiary/aromatic N) is 3. The Labute approximate surface area is 243 Å². The molecular formula is C38H27N3O. The fourth-order valence-electron chi connectivity index (χ4n) is 6.95. The highest BCUT2D eigenvalue weighted by molar-refractivity contribution is 6.10. The molecule has 0 saturated heterocycles. The summed E-state index contributed by atoms with van der Waals surface area (Å²) in [4.78, 5) is 2.25. The van der Waals surface area contributed by atoms with Crippen LogP contribution in [0.4, 0.5) is 17.2 Å². The summed E-state index contributed by atoms with van der Waals surface area (Å²) in [6, 6.07) is 45.1. The molecule has 8 aromatic rings. The van der Waals surface area contributed by atoms with E-state index in [0.717, 1.165) is 55.6 Å². The number of benzene rings is 5. The largest absolute Gasteiger partial charge is 0.454 e. The third kappa shape index (κ3) is 3.15. The second-order valence-corrected chi connectivity index (χ2v) is 11.7. The first-order valence-electron chi connectivity index (χ1n) is 14.4. The number of furan rings is 1. The molecule has 0 unspecified atom stereocenters. The number of hydrogen-bond donors (Lipinski definition) is 0. The fraction of sp³-hybridized carbons (Fsp3) is 0.0789. The van der Waals surface area contributed by atoms with Crippen molar-refractivity contribution in [3.8, 4) is 11.1 Å². The first-order chi connectivity index (χ1) is 20.6. The smallest absolute Gasteiger partial charge is 0.160 e. The van der Waals surface area contributed by atoms with Gasteiger partial charge in [-0.1, -0.05) is 98.8 Å². The van der Waals surface area contributed by atoms with Gasteiger partial charge in [-0.05, 0) is 58.7 Å². The van der Waals surface area contributed by atoms with Gasteiger partial charge >= 0.3 is 0 Å². The molecule has 3 aromatic heterocycles. The van der Waals surface area contributed by atoms with Crippen molar-refractivity contribution in [1.29, 1.82) is 0 Å². The molecular weight excluding hydrogens is 514 g/mol. The van der Waals surface area contributed by atoms with Crippen LogP contribution in [-0.4, -0.2) is 9.61 Å². The maximum absolute atomic E-state index is 6.56. The van der Waals surface area contributed by atoms with Gasteiger partial charge in [-0.3, -0.25) is 4.90 Å². The molecule has 1 aliphatic carbocycles. The van der Waals surface area contributed by atoms with Crippen LogP contribution in [0.5, 0.6) is 0 Å². The van der Waals surface area contributed by atoms with Crippen LogP contribution in [0.2, 0.25) is 0 Å². The van der Waals surface area contributed by atoms with Crippen LogP contribution in [0, 0.1) is 0 Å². The number of hydrogen-bond acceptors (Lipinski definition) is 3. The lowest BCUT2D eigenvalue weighted by Gasteiger charge is -2.25. The van der Waals surface area contributed by atoms with Crippen LogP contribution < -0.4 is 4.90 Å². The summed E-state index contributed by atoms with van der Waals surface area (Å²) in [7, 11) is 0. The normalized spacial score (nSPS) is 13.7. The molecule has 5 aromatic carbocycles. The third-order valence-corrected chi connectivity index (χ3v) is 9.00.